The third-order valence-corrected chi connectivity index (χ3v) is 3.57. The fourth-order valence-electron chi connectivity index (χ4n) is 1.67. The van der Waals surface area contributed by atoms with Crippen molar-refractivity contribution < 1.29 is 9.59 Å². The lowest BCUT2D eigenvalue weighted by Gasteiger charge is -2.18. The molecule has 1 aromatic rings. The molecule has 6 heteroatoms. The van der Waals surface area contributed by atoms with Crippen molar-refractivity contribution in [3.05, 3.63) is 22.4 Å². The van der Waals surface area contributed by atoms with Crippen LogP contribution in [0.1, 0.15) is 11.8 Å². The number of carbonyl (C=O) groups excluding carboxylic acids is 2. The van der Waals surface area contributed by atoms with Gasteiger partial charge in [0.25, 0.3) is 0 Å². The van der Waals surface area contributed by atoms with Gasteiger partial charge >= 0.3 is 0 Å². The van der Waals surface area contributed by atoms with E-state index in [2.05, 4.69) is 5.32 Å². The van der Waals surface area contributed by atoms with Gasteiger partial charge in [-0.3, -0.25) is 14.5 Å². The Morgan fingerprint density at radius 1 is 1.69 bits per heavy atom. The molecule has 16 heavy (non-hydrogen) atoms. The predicted octanol–water partition coefficient (Wildman–Crippen LogP) is 0.922. The van der Waals surface area contributed by atoms with E-state index in [1.54, 1.807) is 11.3 Å². The summed E-state index contributed by atoms with van der Waals surface area (Å²) < 4.78 is 0. The Hall–Kier alpha value is -1.27. The number of hydrogen-bond donors (Lipinski definition) is 1. The monoisotopic (exact) mass is 254 g/mol. The number of rotatable bonds is 2. The Morgan fingerprint density at radius 3 is 3.00 bits per heavy atom. The van der Waals surface area contributed by atoms with Crippen LogP contribution in [0.2, 0.25) is 0 Å². The van der Waals surface area contributed by atoms with Crippen molar-refractivity contribution in [1.82, 2.24) is 10.2 Å². The van der Waals surface area contributed by atoms with Gasteiger partial charge in [0.15, 0.2) is 5.11 Å². The molecule has 0 bridgehead atoms. The zero-order valence-electron chi connectivity index (χ0n) is 8.60. The van der Waals surface area contributed by atoms with Crippen LogP contribution in [-0.2, 0) is 16.0 Å². The van der Waals surface area contributed by atoms with Gasteiger partial charge in [-0.25, -0.2) is 0 Å². The largest absolute Gasteiger partial charge is 0.301 e. The van der Waals surface area contributed by atoms with Gasteiger partial charge in [-0.1, -0.05) is 6.07 Å². The summed E-state index contributed by atoms with van der Waals surface area (Å²) in [6, 6.07) is 3.37. The standard InChI is InChI=1S/C10H10N2O2S2/c1-6(13)12-8(9(14)11-10(12)15)5-7-3-2-4-16-7/h2-4,8H,5H2,1H3,(H,11,14,15). The normalized spacial score (nSPS) is 20.1. The highest BCUT2D eigenvalue weighted by molar-refractivity contribution is 7.80. The van der Waals surface area contributed by atoms with Crippen molar-refractivity contribution in [2.24, 2.45) is 0 Å². The van der Waals surface area contributed by atoms with Crippen LogP contribution < -0.4 is 5.32 Å². The fraction of sp³-hybridized carbons (Fsp3) is 0.300. The molecule has 1 saturated heterocycles. The van der Waals surface area contributed by atoms with Crippen LogP contribution in [0.15, 0.2) is 17.5 Å². The van der Waals surface area contributed by atoms with E-state index in [0.717, 1.165) is 4.88 Å². The minimum Gasteiger partial charge on any atom is -0.301 e. The topological polar surface area (TPSA) is 49.4 Å². The number of nitrogens with zero attached hydrogens (tertiary/aromatic N) is 1. The van der Waals surface area contributed by atoms with Crippen LogP contribution in [0, 0.1) is 0 Å². The zero-order valence-corrected chi connectivity index (χ0v) is 10.2. The minimum absolute atomic E-state index is 0.200. The second kappa shape index (κ2) is 4.31. The SMILES string of the molecule is CC(=O)N1C(=S)NC(=O)C1Cc1cccs1. The summed E-state index contributed by atoms with van der Waals surface area (Å²) in [5.74, 6) is -0.404. The van der Waals surface area contributed by atoms with E-state index in [9.17, 15) is 9.59 Å². The lowest BCUT2D eigenvalue weighted by atomic mass is 10.1. The molecule has 1 aliphatic rings. The van der Waals surface area contributed by atoms with Gasteiger partial charge in [-0.15, -0.1) is 11.3 Å². The highest BCUT2D eigenvalue weighted by Crippen LogP contribution is 2.18. The number of thiophene rings is 1. The number of nitrogens with one attached hydrogen (secondary N) is 1. The Bertz CT molecular complexity index is 442. The average molecular weight is 254 g/mol. The lowest BCUT2D eigenvalue weighted by Crippen LogP contribution is -2.39. The number of amides is 2. The van der Waals surface area contributed by atoms with Gasteiger partial charge in [-0.2, -0.15) is 0 Å². The molecule has 4 nitrogen and oxygen atoms in total. The predicted molar refractivity (Wildman–Crippen MR) is 65.1 cm³/mol. The second-order valence-electron chi connectivity index (χ2n) is 3.48. The number of carbonyl (C=O) groups is 2. The van der Waals surface area contributed by atoms with Gasteiger partial charge in [0.05, 0.1) is 0 Å². The van der Waals surface area contributed by atoms with Crippen LogP contribution in [0.4, 0.5) is 0 Å². The smallest absolute Gasteiger partial charge is 0.249 e. The molecule has 84 valence electrons. The lowest BCUT2D eigenvalue weighted by molar-refractivity contribution is -0.131. The molecule has 0 saturated carbocycles. The van der Waals surface area contributed by atoms with Gasteiger partial charge in [0.1, 0.15) is 6.04 Å². The van der Waals surface area contributed by atoms with Crippen LogP contribution in [0.25, 0.3) is 0 Å². The van der Waals surface area contributed by atoms with Gasteiger partial charge in [0, 0.05) is 18.2 Å². The van der Waals surface area contributed by atoms with Gasteiger partial charge in [0.2, 0.25) is 11.8 Å². The Labute approximate surface area is 102 Å². The van der Waals surface area contributed by atoms with Crippen LogP contribution in [0.5, 0.6) is 0 Å². The van der Waals surface area contributed by atoms with Crippen LogP contribution in [-0.4, -0.2) is 27.9 Å². The molecule has 1 aliphatic heterocycles. The van der Waals surface area contributed by atoms with Gasteiger partial charge < -0.3 is 5.32 Å². The molecule has 1 unspecified atom stereocenters. The Kier molecular flexibility index (Phi) is 3.02. The summed E-state index contributed by atoms with van der Waals surface area (Å²) >= 11 is 6.51. The summed E-state index contributed by atoms with van der Waals surface area (Å²) in [5, 5.41) is 4.66. The van der Waals surface area contributed by atoms with Gasteiger partial charge in [-0.05, 0) is 23.7 Å². The summed E-state index contributed by atoms with van der Waals surface area (Å²) in [5.41, 5.74) is 0. The molecule has 0 aromatic carbocycles. The third-order valence-electron chi connectivity index (χ3n) is 2.38. The molecular formula is C10H10N2O2S2. The summed E-state index contributed by atoms with van der Waals surface area (Å²) in [6.45, 7) is 1.41. The summed E-state index contributed by atoms with van der Waals surface area (Å²) in [6.07, 6.45) is 0.517. The molecule has 0 aliphatic carbocycles. The zero-order chi connectivity index (χ0) is 11.7. The molecule has 0 spiro atoms. The van der Waals surface area contributed by atoms with Crippen molar-refractivity contribution in [3.8, 4) is 0 Å². The maximum Gasteiger partial charge on any atom is 0.249 e. The molecule has 1 N–H and O–H groups in total. The Balaban J connectivity index is 2.21. The molecule has 0 radical (unpaired) electrons. The first kappa shape index (κ1) is 11.2. The Morgan fingerprint density at radius 2 is 2.44 bits per heavy atom. The maximum atomic E-state index is 11.6. The van der Waals surface area contributed by atoms with Crippen molar-refractivity contribution in [2.45, 2.75) is 19.4 Å². The maximum absolute atomic E-state index is 11.6. The number of hydrogen-bond acceptors (Lipinski definition) is 4. The van der Waals surface area contributed by atoms with E-state index >= 15 is 0 Å². The van der Waals surface area contributed by atoms with E-state index < -0.39 is 6.04 Å². The molecule has 1 aromatic heterocycles. The first-order valence-corrected chi connectivity index (χ1v) is 6.05. The molecule has 2 rings (SSSR count). The van der Waals surface area contributed by atoms with E-state index in [1.807, 2.05) is 17.5 Å². The first-order chi connectivity index (χ1) is 7.59. The molecular weight excluding hydrogens is 244 g/mol. The molecule has 2 heterocycles. The van der Waals surface area contributed by atoms with Crippen molar-refractivity contribution in [2.75, 3.05) is 0 Å². The fourth-order valence-corrected chi connectivity index (χ4v) is 2.77. The summed E-state index contributed by atoms with van der Waals surface area (Å²) in [4.78, 5) is 25.4. The highest BCUT2D eigenvalue weighted by Gasteiger charge is 2.38. The van der Waals surface area contributed by atoms with Crippen molar-refractivity contribution >= 4 is 40.5 Å². The first-order valence-electron chi connectivity index (χ1n) is 4.76. The quantitative estimate of drug-likeness (QED) is 0.799. The summed E-state index contributed by atoms with van der Waals surface area (Å²) in [7, 11) is 0. The molecule has 1 atom stereocenters. The average Bonchev–Trinajstić information content (AvgIpc) is 2.76. The van der Waals surface area contributed by atoms with Crippen molar-refractivity contribution in [3.63, 3.8) is 0 Å². The second-order valence-corrected chi connectivity index (χ2v) is 4.90. The van der Waals surface area contributed by atoms with Crippen molar-refractivity contribution in [1.29, 1.82) is 0 Å². The molecule has 2 amide bonds. The molecule has 1 fully saturated rings. The third kappa shape index (κ3) is 1.98. The van der Waals surface area contributed by atoms with E-state index in [0.29, 0.717) is 6.42 Å². The van der Waals surface area contributed by atoms with Crippen LogP contribution in [0.3, 0.4) is 0 Å². The number of thiocarbonyl (C=S) groups is 1. The minimum atomic E-state index is -0.497. The van der Waals surface area contributed by atoms with E-state index in [4.69, 9.17) is 12.2 Å². The highest BCUT2D eigenvalue weighted by atomic mass is 32.1. The van der Waals surface area contributed by atoms with E-state index in [-0.39, 0.29) is 16.9 Å². The van der Waals surface area contributed by atoms with Crippen LogP contribution >= 0.6 is 23.6 Å². The van der Waals surface area contributed by atoms with E-state index in [1.165, 1.54) is 11.8 Å².